The van der Waals surface area contributed by atoms with Gasteiger partial charge in [-0.3, -0.25) is 4.79 Å². The molecule has 0 aliphatic carbocycles. The van der Waals surface area contributed by atoms with Crippen molar-refractivity contribution >= 4 is 22.8 Å². The molecular formula is C27H23NO7. The third-order valence-corrected chi connectivity index (χ3v) is 4.97. The van der Waals surface area contributed by atoms with Crippen LogP contribution >= 0.6 is 0 Å². The first-order valence-electron chi connectivity index (χ1n) is 11.0. The molecule has 0 saturated heterocycles. The predicted octanol–water partition coefficient (Wildman–Crippen LogP) is 4.11. The molecule has 178 valence electrons. The lowest BCUT2D eigenvalue weighted by atomic mass is 10.1. The maximum absolute atomic E-state index is 12.5. The van der Waals surface area contributed by atoms with Gasteiger partial charge in [0, 0.05) is 18.0 Å². The summed E-state index contributed by atoms with van der Waals surface area (Å²) in [5.41, 5.74) is 0.187. The van der Waals surface area contributed by atoms with Gasteiger partial charge >= 0.3 is 11.6 Å². The highest BCUT2D eigenvalue weighted by molar-refractivity contribution is 5.96. The first-order valence-corrected chi connectivity index (χ1v) is 11.0. The molecule has 0 radical (unpaired) electrons. The molecule has 1 aromatic heterocycles. The SMILES string of the molecule is CCOc1ccccc1OCC(=O)Oc1ccc2cc(C(=O)NCc3ccccc3)c(=O)oc2c1. The average Bonchev–Trinajstić information content (AvgIpc) is 2.87. The van der Waals surface area contributed by atoms with Crippen molar-refractivity contribution in [1.29, 1.82) is 0 Å². The number of ether oxygens (including phenoxy) is 3. The summed E-state index contributed by atoms with van der Waals surface area (Å²) in [6, 6.07) is 22.3. The van der Waals surface area contributed by atoms with Gasteiger partial charge in [-0.15, -0.1) is 0 Å². The highest BCUT2D eigenvalue weighted by atomic mass is 16.6. The average molecular weight is 473 g/mol. The smallest absolute Gasteiger partial charge is 0.349 e. The van der Waals surface area contributed by atoms with Gasteiger partial charge in [-0.2, -0.15) is 0 Å². The molecule has 0 unspecified atom stereocenters. The van der Waals surface area contributed by atoms with Gasteiger partial charge in [0.05, 0.1) is 6.61 Å². The molecule has 0 atom stereocenters. The van der Waals surface area contributed by atoms with E-state index in [1.807, 2.05) is 37.3 Å². The Hall–Kier alpha value is -4.59. The van der Waals surface area contributed by atoms with Crippen LogP contribution in [0.1, 0.15) is 22.8 Å². The summed E-state index contributed by atoms with van der Waals surface area (Å²) in [6.45, 7) is 2.25. The Labute approximate surface area is 201 Å². The molecule has 8 heteroatoms. The molecule has 8 nitrogen and oxygen atoms in total. The van der Waals surface area contributed by atoms with Crippen LogP contribution in [0, 0.1) is 0 Å². The summed E-state index contributed by atoms with van der Waals surface area (Å²) in [4.78, 5) is 37.1. The highest BCUT2D eigenvalue weighted by Crippen LogP contribution is 2.26. The van der Waals surface area contributed by atoms with Crippen molar-refractivity contribution in [3.05, 3.63) is 100 Å². The van der Waals surface area contributed by atoms with Crippen molar-refractivity contribution in [2.45, 2.75) is 13.5 Å². The number of carbonyl (C=O) groups is 2. The Kier molecular flexibility index (Phi) is 7.42. The molecule has 1 N–H and O–H groups in total. The molecule has 0 saturated carbocycles. The second kappa shape index (κ2) is 11.0. The first kappa shape index (κ1) is 23.6. The van der Waals surface area contributed by atoms with Crippen LogP contribution in [0.25, 0.3) is 11.0 Å². The minimum Gasteiger partial charge on any atom is -0.490 e. The van der Waals surface area contributed by atoms with Crippen LogP contribution in [0.4, 0.5) is 0 Å². The molecular weight excluding hydrogens is 450 g/mol. The van der Waals surface area contributed by atoms with Gasteiger partial charge in [-0.25, -0.2) is 9.59 Å². The van der Waals surface area contributed by atoms with Gasteiger partial charge in [0.2, 0.25) is 0 Å². The number of hydrogen-bond donors (Lipinski definition) is 1. The number of para-hydroxylation sites is 2. The van der Waals surface area contributed by atoms with Crippen molar-refractivity contribution < 1.29 is 28.2 Å². The molecule has 0 bridgehead atoms. The summed E-state index contributed by atoms with van der Waals surface area (Å²) in [7, 11) is 0. The fourth-order valence-corrected chi connectivity index (χ4v) is 3.33. The van der Waals surface area contributed by atoms with E-state index >= 15 is 0 Å². The van der Waals surface area contributed by atoms with Gasteiger partial charge in [0.1, 0.15) is 16.9 Å². The van der Waals surface area contributed by atoms with E-state index in [-0.39, 0.29) is 30.0 Å². The van der Waals surface area contributed by atoms with E-state index in [1.54, 1.807) is 36.4 Å². The Bertz CT molecular complexity index is 1400. The maximum atomic E-state index is 12.5. The van der Waals surface area contributed by atoms with Gasteiger partial charge < -0.3 is 23.9 Å². The van der Waals surface area contributed by atoms with Gasteiger partial charge in [0.25, 0.3) is 5.91 Å². The summed E-state index contributed by atoms with van der Waals surface area (Å²) in [6.07, 6.45) is 0. The van der Waals surface area contributed by atoms with E-state index in [4.69, 9.17) is 18.6 Å². The van der Waals surface area contributed by atoms with Crippen molar-refractivity contribution in [3.8, 4) is 17.2 Å². The molecule has 0 aliphatic heterocycles. The fraction of sp³-hybridized carbons (Fsp3) is 0.148. The summed E-state index contributed by atoms with van der Waals surface area (Å²) < 4.78 is 21.6. The van der Waals surface area contributed by atoms with Crippen LogP contribution in [0.3, 0.4) is 0 Å². The van der Waals surface area contributed by atoms with Crippen LogP contribution in [-0.2, 0) is 11.3 Å². The van der Waals surface area contributed by atoms with E-state index < -0.39 is 17.5 Å². The molecule has 0 aliphatic rings. The Morgan fingerprint density at radius 2 is 1.60 bits per heavy atom. The molecule has 0 spiro atoms. The lowest BCUT2D eigenvalue weighted by molar-refractivity contribution is -0.136. The standard InChI is InChI=1S/C27H23NO7/c1-2-32-22-10-6-7-11-23(22)33-17-25(29)34-20-13-12-19-14-21(27(31)35-24(19)15-20)26(30)28-16-18-8-4-3-5-9-18/h3-15H,2,16-17H2,1H3,(H,28,30). The van der Waals surface area contributed by atoms with Crippen molar-refractivity contribution in [2.24, 2.45) is 0 Å². The zero-order valence-electron chi connectivity index (χ0n) is 19.0. The molecule has 35 heavy (non-hydrogen) atoms. The topological polar surface area (TPSA) is 104 Å². The van der Waals surface area contributed by atoms with Crippen LogP contribution in [0.5, 0.6) is 17.2 Å². The van der Waals surface area contributed by atoms with Crippen molar-refractivity contribution in [1.82, 2.24) is 5.32 Å². The number of amides is 1. The number of carbonyl (C=O) groups excluding carboxylic acids is 2. The van der Waals surface area contributed by atoms with Gasteiger partial charge in [0.15, 0.2) is 18.1 Å². The lowest BCUT2D eigenvalue weighted by Gasteiger charge is -2.11. The zero-order chi connectivity index (χ0) is 24.6. The predicted molar refractivity (Wildman–Crippen MR) is 129 cm³/mol. The minimum absolute atomic E-state index is 0.112. The normalized spacial score (nSPS) is 10.5. The largest absolute Gasteiger partial charge is 0.490 e. The molecule has 0 fully saturated rings. The zero-order valence-corrected chi connectivity index (χ0v) is 19.0. The van der Waals surface area contributed by atoms with Crippen molar-refractivity contribution in [2.75, 3.05) is 13.2 Å². The maximum Gasteiger partial charge on any atom is 0.349 e. The van der Waals surface area contributed by atoms with E-state index in [0.717, 1.165) is 5.56 Å². The minimum atomic E-state index is -0.789. The second-order valence-corrected chi connectivity index (χ2v) is 7.46. The third-order valence-electron chi connectivity index (χ3n) is 4.97. The summed E-state index contributed by atoms with van der Waals surface area (Å²) in [5.74, 6) is -0.0548. The summed E-state index contributed by atoms with van der Waals surface area (Å²) >= 11 is 0. The first-order chi connectivity index (χ1) is 17.0. The van der Waals surface area contributed by atoms with E-state index in [2.05, 4.69) is 5.32 Å². The van der Waals surface area contributed by atoms with Crippen LogP contribution in [0.15, 0.2) is 88.1 Å². The van der Waals surface area contributed by atoms with Crippen LogP contribution < -0.4 is 25.2 Å². The Balaban J connectivity index is 1.41. The number of rotatable bonds is 9. The van der Waals surface area contributed by atoms with E-state index in [9.17, 15) is 14.4 Å². The number of benzene rings is 3. The van der Waals surface area contributed by atoms with Gasteiger partial charge in [-0.1, -0.05) is 42.5 Å². The quantitative estimate of drug-likeness (QED) is 0.222. The van der Waals surface area contributed by atoms with Gasteiger partial charge in [-0.05, 0) is 42.8 Å². The molecule has 1 amide bonds. The van der Waals surface area contributed by atoms with E-state index in [0.29, 0.717) is 23.5 Å². The van der Waals surface area contributed by atoms with E-state index in [1.165, 1.54) is 12.1 Å². The second-order valence-electron chi connectivity index (χ2n) is 7.46. The number of nitrogens with one attached hydrogen (secondary N) is 1. The van der Waals surface area contributed by atoms with Crippen LogP contribution in [-0.4, -0.2) is 25.1 Å². The summed E-state index contributed by atoms with van der Waals surface area (Å²) in [5, 5.41) is 3.22. The third kappa shape index (κ3) is 6.05. The Morgan fingerprint density at radius 3 is 2.34 bits per heavy atom. The molecule has 1 heterocycles. The molecule has 4 rings (SSSR count). The number of fused-ring (bicyclic) bond motifs is 1. The van der Waals surface area contributed by atoms with Crippen molar-refractivity contribution in [3.63, 3.8) is 0 Å². The molecule has 3 aromatic carbocycles. The number of hydrogen-bond acceptors (Lipinski definition) is 7. The lowest BCUT2D eigenvalue weighted by Crippen LogP contribution is -2.27. The monoisotopic (exact) mass is 473 g/mol. The number of esters is 1. The highest BCUT2D eigenvalue weighted by Gasteiger charge is 2.15. The Morgan fingerprint density at radius 1 is 0.886 bits per heavy atom. The molecule has 4 aromatic rings. The fourth-order valence-electron chi connectivity index (χ4n) is 3.33. The van der Waals surface area contributed by atoms with Crippen LogP contribution in [0.2, 0.25) is 0 Å².